The zero-order valence-electron chi connectivity index (χ0n) is 11.5. The summed E-state index contributed by atoms with van der Waals surface area (Å²) in [6.45, 7) is 2.42. The van der Waals surface area contributed by atoms with Crippen molar-refractivity contribution in [2.45, 2.75) is 36.8 Å². The molecule has 2 atom stereocenters. The Morgan fingerprint density at radius 3 is 2.75 bits per heavy atom. The van der Waals surface area contributed by atoms with Crippen molar-refractivity contribution in [1.29, 1.82) is 0 Å². The standard InChI is InChI=1S/C15H19NO3S/c1-11(20-10-12-6-3-2-4-7-12)14(17)16-9-5-8-13(16)15(18)19/h2-4,6-7,11,13H,5,8-10H2,1H3,(H,18,19)/t11?,13-/m0/s1. The molecule has 5 heteroatoms. The van der Waals surface area contributed by atoms with Gasteiger partial charge in [0.25, 0.3) is 0 Å². The first-order chi connectivity index (χ1) is 9.59. The summed E-state index contributed by atoms with van der Waals surface area (Å²) in [6.07, 6.45) is 1.34. The third-order valence-corrected chi connectivity index (χ3v) is 4.71. The van der Waals surface area contributed by atoms with E-state index in [1.54, 1.807) is 11.8 Å². The second-order valence-electron chi connectivity index (χ2n) is 4.97. The van der Waals surface area contributed by atoms with Crippen LogP contribution in [0.4, 0.5) is 0 Å². The molecule has 0 aliphatic carbocycles. The maximum Gasteiger partial charge on any atom is 0.326 e. The number of benzene rings is 1. The highest BCUT2D eigenvalue weighted by Crippen LogP contribution is 2.24. The fourth-order valence-electron chi connectivity index (χ4n) is 2.39. The van der Waals surface area contributed by atoms with E-state index in [0.717, 1.165) is 12.2 Å². The van der Waals surface area contributed by atoms with Crippen molar-refractivity contribution in [3.05, 3.63) is 35.9 Å². The fraction of sp³-hybridized carbons (Fsp3) is 0.467. The number of rotatable bonds is 5. The average Bonchev–Trinajstić information content (AvgIpc) is 2.94. The van der Waals surface area contributed by atoms with Crippen molar-refractivity contribution in [2.24, 2.45) is 0 Å². The smallest absolute Gasteiger partial charge is 0.326 e. The van der Waals surface area contributed by atoms with Crippen molar-refractivity contribution in [1.82, 2.24) is 4.90 Å². The van der Waals surface area contributed by atoms with Gasteiger partial charge < -0.3 is 10.0 Å². The fourth-order valence-corrected chi connectivity index (χ4v) is 3.30. The average molecular weight is 293 g/mol. The minimum Gasteiger partial charge on any atom is -0.480 e. The Kier molecular flexibility index (Phi) is 5.06. The molecular formula is C15H19NO3S. The number of carboxylic acids is 1. The number of amides is 1. The third kappa shape index (κ3) is 3.54. The summed E-state index contributed by atoms with van der Waals surface area (Å²) in [4.78, 5) is 25.0. The lowest BCUT2D eigenvalue weighted by Crippen LogP contribution is -2.43. The first kappa shape index (κ1) is 14.9. The van der Waals surface area contributed by atoms with E-state index >= 15 is 0 Å². The summed E-state index contributed by atoms with van der Waals surface area (Å²) in [5.41, 5.74) is 1.17. The molecule has 1 aliphatic heterocycles. The van der Waals surface area contributed by atoms with Crippen LogP contribution in [0.25, 0.3) is 0 Å². The van der Waals surface area contributed by atoms with Crippen molar-refractivity contribution in [3.8, 4) is 0 Å². The van der Waals surface area contributed by atoms with Crippen LogP contribution in [-0.2, 0) is 15.3 Å². The lowest BCUT2D eigenvalue weighted by molar-refractivity contribution is -0.147. The summed E-state index contributed by atoms with van der Waals surface area (Å²) < 4.78 is 0. The van der Waals surface area contributed by atoms with Gasteiger partial charge in [0, 0.05) is 12.3 Å². The van der Waals surface area contributed by atoms with Crippen LogP contribution in [0.15, 0.2) is 30.3 Å². The van der Waals surface area contributed by atoms with Gasteiger partial charge >= 0.3 is 5.97 Å². The van der Waals surface area contributed by atoms with Crippen LogP contribution < -0.4 is 0 Å². The van der Waals surface area contributed by atoms with Gasteiger partial charge in [-0.25, -0.2) is 4.79 Å². The van der Waals surface area contributed by atoms with Crippen LogP contribution in [0.5, 0.6) is 0 Å². The Morgan fingerprint density at radius 2 is 2.10 bits per heavy atom. The van der Waals surface area contributed by atoms with Gasteiger partial charge in [-0.15, -0.1) is 11.8 Å². The van der Waals surface area contributed by atoms with E-state index in [0.29, 0.717) is 13.0 Å². The van der Waals surface area contributed by atoms with Crippen LogP contribution in [0, 0.1) is 0 Å². The Labute approximate surface area is 123 Å². The van der Waals surface area contributed by atoms with Crippen LogP contribution in [-0.4, -0.2) is 39.7 Å². The number of hydrogen-bond acceptors (Lipinski definition) is 3. The van der Waals surface area contributed by atoms with Gasteiger partial charge in [0.15, 0.2) is 0 Å². The van der Waals surface area contributed by atoms with Crippen molar-refractivity contribution in [2.75, 3.05) is 6.54 Å². The third-order valence-electron chi connectivity index (χ3n) is 3.51. The maximum atomic E-state index is 12.3. The van der Waals surface area contributed by atoms with E-state index in [9.17, 15) is 9.59 Å². The van der Waals surface area contributed by atoms with Gasteiger partial charge in [-0.1, -0.05) is 30.3 Å². The molecule has 1 N–H and O–H groups in total. The number of carbonyl (C=O) groups excluding carboxylic acids is 1. The summed E-state index contributed by atoms with van der Waals surface area (Å²) in [6, 6.07) is 9.33. The molecule has 0 bridgehead atoms. The first-order valence-electron chi connectivity index (χ1n) is 6.78. The van der Waals surface area contributed by atoms with Crippen LogP contribution in [0.2, 0.25) is 0 Å². The molecule has 1 heterocycles. The molecule has 0 radical (unpaired) electrons. The van der Waals surface area contributed by atoms with Gasteiger partial charge in [0.05, 0.1) is 5.25 Å². The number of hydrogen-bond donors (Lipinski definition) is 1. The monoisotopic (exact) mass is 293 g/mol. The van der Waals surface area contributed by atoms with Gasteiger partial charge in [-0.05, 0) is 25.3 Å². The predicted octanol–water partition coefficient (Wildman–Crippen LogP) is 2.38. The largest absolute Gasteiger partial charge is 0.480 e. The van der Waals surface area contributed by atoms with Crippen LogP contribution >= 0.6 is 11.8 Å². The highest BCUT2D eigenvalue weighted by molar-refractivity contribution is 7.99. The second-order valence-corrected chi connectivity index (χ2v) is 6.30. The molecule has 0 spiro atoms. The lowest BCUT2D eigenvalue weighted by Gasteiger charge is -2.24. The molecule has 0 saturated carbocycles. The Bertz CT molecular complexity index is 477. The molecule has 1 aromatic carbocycles. The van der Waals surface area contributed by atoms with Gasteiger partial charge in [-0.2, -0.15) is 0 Å². The summed E-state index contributed by atoms with van der Waals surface area (Å²) in [5, 5.41) is 8.91. The molecule has 1 aromatic rings. The normalized spacial score (nSPS) is 19.9. The Hall–Kier alpha value is -1.49. The highest BCUT2D eigenvalue weighted by Gasteiger charge is 2.35. The molecule has 1 saturated heterocycles. The topological polar surface area (TPSA) is 57.6 Å². The molecule has 108 valence electrons. The zero-order chi connectivity index (χ0) is 14.5. The number of nitrogens with zero attached hydrogens (tertiary/aromatic N) is 1. The zero-order valence-corrected chi connectivity index (χ0v) is 12.3. The van der Waals surface area contributed by atoms with E-state index in [1.165, 1.54) is 10.5 Å². The summed E-state index contributed by atoms with van der Waals surface area (Å²) in [7, 11) is 0. The molecule has 1 aliphatic rings. The molecular weight excluding hydrogens is 274 g/mol. The van der Waals surface area contributed by atoms with E-state index in [4.69, 9.17) is 5.11 Å². The van der Waals surface area contributed by atoms with Gasteiger partial charge in [0.1, 0.15) is 6.04 Å². The van der Waals surface area contributed by atoms with E-state index in [1.807, 2.05) is 37.3 Å². The molecule has 0 aromatic heterocycles. The minimum absolute atomic E-state index is 0.0594. The van der Waals surface area contributed by atoms with Crippen molar-refractivity contribution >= 4 is 23.6 Å². The minimum atomic E-state index is -0.892. The molecule has 1 amide bonds. The number of likely N-dealkylation sites (tertiary alicyclic amines) is 1. The van der Waals surface area contributed by atoms with E-state index in [2.05, 4.69) is 0 Å². The number of carboxylic acid groups (broad SMARTS) is 1. The Morgan fingerprint density at radius 1 is 1.40 bits per heavy atom. The first-order valence-corrected chi connectivity index (χ1v) is 7.83. The second kappa shape index (κ2) is 6.79. The SMILES string of the molecule is CC(SCc1ccccc1)C(=O)N1CCC[C@H]1C(=O)O. The van der Waals surface area contributed by atoms with Crippen molar-refractivity contribution < 1.29 is 14.7 Å². The molecule has 1 fully saturated rings. The Balaban J connectivity index is 1.90. The predicted molar refractivity (Wildman–Crippen MR) is 79.6 cm³/mol. The van der Waals surface area contributed by atoms with Gasteiger partial charge in [-0.3, -0.25) is 4.79 Å². The highest BCUT2D eigenvalue weighted by atomic mass is 32.2. The van der Waals surface area contributed by atoms with E-state index < -0.39 is 12.0 Å². The molecule has 4 nitrogen and oxygen atoms in total. The quantitative estimate of drug-likeness (QED) is 0.905. The van der Waals surface area contributed by atoms with Crippen molar-refractivity contribution in [3.63, 3.8) is 0 Å². The molecule has 1 unspecified atom stereocenters. The molecule has 2 rings (SSSR count). The number of thioether (sulfide) groups is 1. The number of aliphatic carboxylic acids is 1. The number of carbonyl (C=O) groups is 2. The van der Waals surface area contributed by atoms with Crippen LogP contribution in [0.1, 0.15) is 25.3 Å². The summed E-state index contributed by atoms with van der Waals surface area (Å²) >= 11 is 1.55. The summed E-state index contributed by atoms with van der Waals surface area (Å²) in [5.74, 6) is -0.189. The van der Waals surface area contributed by atoms with E-state index in [-0.39, 0.29) is 11.2 Å². The maximum absolute atomic E-state index is 12.3. The molecule has 20 heavy (non-hydrogen) atoms. The van der Waals surface area contributed by atoms with Crippen LogP contribution in [0.3, 0.4) is 0 Å². The van der Waals surface area contributed by atoms with Gasteiger partial charge in [0.2, 0.25) is 5.91 Å². The lowest BCUT2D eigenvalue weighted by atomic mass is 10.2.